The fourth-order valence-electron chi connectivity index (χ4n) is 1.98. The van der Waals surface area contributed by atoms with Crippen LogP contribution >= 0.6 is 31.9 Å². The van der Waals surface area contributed by atoms with Crippen LogP contribution in [0.2, 0.25) is 0 Å². The van der Waals surface area contributed by atoms with E-state index in [1.54, 1.807) is 7.11 Å². The first kappa shape index (κ1) is 14.4. The number of H-pyrrole nitrogens is 1. The number of methoxy groups -OCH3 is 1. The third-order valence-corrected chi connectivity index (χ3v) is 4.18. The highest BCUT2D eigenvalue weighted by Crippen LogP contribution is 2.35. The third-order valence-electron chi connectivity index (χ3n) is 2.87. The minimum absolute atomic E-state index is 0.0188. The molecule has 0 bridgehead atoms. The Labute approximate surface area is 128 Å². The van der Waals surface area contributed by atoms with Crippen molar-refractivity contribution in [2.45, 2.75) is 13.3 Å². The molecule has 102 valence electrons. The normalized spacial score (nSPS) is 10.7. The minimum atomic E-state index is -0.0188. The Morgan fingerprint density at radius 3 is 2.79 bits per heavy atom. The van der Waals surface area contributed by atoms with Crippen molar-refractivity contribution in [1.29, 1.82) is 0 Å². The van der Waals surface area contributed by atoms with Crippen molar-refractivity contribution < 1.29 is 9.53 Å². The lowest BCUT2D eigenvalue weighted by Crippen LogP contribution is -2.22. The standard InChI is InChI=1S/C13H14Br2N2O2/c1-7(18)16-4-3-9-10-5-8(19-2)6-11(14)12(10)17-13(9)15/h5-6,17H,3-4H2,1-2H3,(H,16,18). The van der Waals surface area contributed by atoms with E-state index in [1.807, 2.05) is 12.1 Å². The van der Waals surface area contributed by atoms with Gasteiger partial charge in [0, 0.05) is 23.3 Å². The van der Waals surface area contributed by atoms with Gasteiger partial charge in [0.15, 0.2) is 0 Å². The molecule has 0 unspecified atom stereocenters. The predicted molar refractivity (Wildman–Crippen MR) is 82.6 cm³/mol. The van der Waals surface area contributed by atoms with Gasteiger partial charge in [0.2, 0.25) is 5.91 Å². The lowest BCUT2D eigenvalue weighted by atomic mass is 10.1. The molecule has 0 atom stereocenters. The van der Waals surface area contributed by atoms with Crippen LogP contribution < -0.4 is 10.1 Å². The Morgan fingerprint density at radius 2 is 2.16 bits per heavy atom. The lowest BCUT2D eigenvalue weighted by molar-refractivity contribution is -0.118. The van der Waals surface area contributed by atoms with Gasteiger partial charge in [0.1, 0.15) is 5.75 Å². The van der Waals surface area contributed by atoms with E-state index in [9.17, 15) is 4.79 Å². The van der Waals surface area contributed by atoms with E-state index in [2.05, 4.69) is 42.2 Å². The molecule has 0 aliphatic carbocycles. The second kappa shape index (κ2) is 5.96. The number of carbonyl (C=O) groups is 1. The number of benzene rings is 1. The van der Waals surface area contributed by atoms with Crippen LogP contribution in [0.1, 0.15) is 12.5 Å². The summed E-state index contributed by atoms with van der Waals surface area (Å²) in [6.45, 7) is 2.12. The number of fused-ring (bicyclic) bond motifs is 1. The summed E-state index contributed by atoms with van der Waals surface area (Å²) in [5.41, 5.74) is 2.15. The molecule has 0 fully saturated rings. The second-order valence-electron chi connectivity index (χ2n) is 4.18. The van der Waals surface area contributed by atoms with Crippen LogP contribution in [0.15, 0.2) is 21.2 Å². The number of nitrogens with one attached hydrogen (secondary N) is 2. The zero-order chi connectivity index (χ0) is 14.0. The second-order valence-corrected chi connectivity index (χ2v) is 5.83. The fourth-order valence-corrected chi connectivity index (χ4v) is 3.12. The summed E-state index contributed by atoms with van der Waals surface area (Å²) in [5.74, 6) is 0.779. The van der Waals surface area contributed by atoms with Gasteiger partial charge in [-0.2, -0.15) is 0 Å². The Morgan fingerprint density at radius 1 is 1.42 bits per heavy atom. The Hall–Kier alpha value is -1.01. The SMILES string of the molecule is COc1cc(Br)c2[nH]c(Br)c(CCNC(C)=O)c2c1. The van der Waals surface area contributed by atoms with Crippen molar-refractivity contribution in [1.82, 2.24) is 10.3 Å². The van der Waals surface area contributed by atoms with E-state index in [0.717, 1.165) is 37.7 Å². The van der Waals surface area contributed by atoms with E-state index >= 15 is 0 Å². The van der Waals surface area contributed by atoms with Crippen LogP contribution in [0.25, 0.3) is 10.9 Å². The number of halogens is 2. The molecule has 0 saturated carbocycles. The number of rotatable bonds is 4. The summed E-state index contributed by atoms with van der Waals surface area (Å²) in [4.78, 5) is 14.2. The zero-order valence-corrected chi connectivity index (χ0v) is 13.8. The molecule has 0 spiro atoms. The topological polar surface area (TPSA) is 54.1 Å². The lowest BCUT2D eigenvalue weighted by Gasteiger charge is -2.05. The number of carbonyl (C=O) groups excluding carboxylic acids is 1. The van der Waals surface area contributed by atoms with Crippen molar-refractivity contribution >= 4 is 48.7 Å². The average Bonchev–Trinajstić information content (AvgIpc) is 2.66. The molecule has 0 aliphatic heterocycles. The van der Waals surface area contributed by atoms with E-state index in [-0.39, 0.29) is 5.91 Å². The van der Waals surface area contributed by atoms with Gasteiger partial charge < -0.3 is 15.0 Å². The summed E-state index contributed by atoms with van der Waals surface area (Å²) in [6, 6.07) is 3.91. The monoisotopic (exact) mass is 388 g/mol. The Bertz CT molecular complexity index is 623. The van der Waals surface area contributed by atoms with Crippen LogP contribution in [-0.2, 0) is 11.2 Å². The highest BCUT2D eigenvalue weighted by atomic mass is 79.9. The van der Waals surface area contributed by atoms with Crippen LogP contribution in [0, 0.1) is 0 Å². The Kier molecular flexibility index (Phi) is 4.52. The predicted octanol–water partition coefficient (Wildman–Crippen LogP) is 3.38. The van der Waals surface area contributed by atoms with Gasteiger partial charge in [-0.25, -0.2) is 0 Å². The van der Waals surface area contributed by atoms with Gasteiger partial charge in [0.05, 0.1) is 17.2 Å². The minimum Gasteiger partial charge on any atom is -0.497 e. The van der Waals surface area contributed by atoms with Crippen LogP contribution in [0.4, 0.5) is 0 Å². The summed E-state index contributed by atoms with van der Waals surface area (Å²) in [5, 5.41) is 3.89. The van der Waals surface area contributed by atoms with E-state index in [0.29, 0.717) is 6.54 Å². The summed E-state index contributed by atoms with van der Waals surface area (Å²) in [7, 11) is 1.65. The molecule has 0 saturated heterocycles. The average molecular weight is 390 g/mol. The summed E-state index contributed by atoms with van der Waals surface area (Å²) in [6.07, 6.45) is 0.750. The molecular weight excluding hydrogens is 376 g/mol. The van der Waals surface area contributed by atoms with Crippen LogP contribution in [0.5, 0.6) is 5.75 Å². The van der Waals surface area contributed by atoms with Gasteiger partial charge in [-0.15, -0.1) is 0 Å². The first-order valence-corrected chi connectivity index (χ1v) is 7.39. The summed E-state index contributed by atoms with van der Waals surface area (Å²) >= 11 is 7.05. The number of ether oxygens (including phenoxy) is 1. The first-order chi connectivity index (χ1) is 9.02. The molecule has 19 heavy (non-hydrogen) atoms. The largest absolute Gasteiger partial charge is 0.497 e. The zero-order valence-electron chi connectivity index (χ0n) is 10.6. The smallest absolute Gasteiger partial charge is 0.216 e. The molecular formula is C13H14Br2N2O2. The number of aromatic nitrogens is 1. The van der Waals surface area contributed by atoms with Gasteiger partial charge in [-0.3, -0.25) is 4.79 Å². The van der Waals surface area contributed by atoms with E-state index < -0.39 is 0 Å². The highest BCUT2D eigenvalue weighted by Gasteiger charge is 2.13. The van der Waals surface area contributed by atoms with Gasteiger partial charge in [-0.1, -0.05) is 0 Å². The summed E-state index contributed by atoms with van der Waals surface area (Å²) < 4.78 is 7.17. The number of aromatic amines is 1. The molecule has 2 rings (SSSR count). The van der Waals surface area contributed by atoms with Crippen molar-refractivity contribution in [3.8, 4) is 5.75 Å². The van der Waals surface area contributed by atoms with Gasteiger partial charge >= 0.3 is 0 Å². The molecule has 6 heteroatoms. The van der Waals surface area contributed by atoms with Crippen molar-refractivity contribution in [2.24, 2.45) is 0 Å². The molecule has 2 N–H and O–H groups in total. The number of amides is 1. The Balaban J connectivity index is 2.39. The molecule has 1 amide bonds. The van der Waals surface area contributed by atoms with Crippen molar-refractivity contribution in [3.63, 3.8) is 0 Å². The quantitative estimate of drug-likeness (QED) is 0.842. The maximum absolute atomic E-state index is 10.9. The maximum atomic E-state index is 10.9. The van der Waals surface area contributed by atoms with E-state index in [1.165, 1.54) is 6.92 Å². The fraction of sp³-hybridized carbons (Fsp3) is 0.308. The molecule has 1 aromatic heterocycles. The number of hydrogen-bond acceptors (Lipinski definition) is 2. The van der Waals surface area contributed by atoms with Crippen molar-refractivity contribution in [3.05, 3.63) is 26.8 Å². The molecule has 0 radical (unpaired) electrons. The third kappa shape index (κ3) is 3.12. The first-order valence-electron chi connectivity index (χ1n) is 5.81. The molecule has 0 aliphatic rings. The molecule has 1 aromatic carbocycles. The van der Waals surface area contributed by atoms with Crippen LogP contribution in [-0.4, -0.2) is 24.5 Å². The maximum Gasteiger partial charge on any atom is 0.216 e. The molecule has 4 nitrogen and oxygen atoms in total. The van der Waals surface area contributed by atoms with Gasteiger partial charge in [-0.05, 0) is 56.0 Å². The highest BCUT2D eigenvalue weighted by molar-refractivity contribution is 9.11. The van der Waals surface area contributed by atoms with Crippen LogP contribution in [0.3, 0.4) is 0 Å². The number of hydrogen-bond donors (Lipinski definition) is 2. The van der Waals surface area contributed by atoms with Gasteiger partial charge in [0.25, 0.3) is 0 Å². The molecule has 1 heterocycles. The van der Waals surface area contributed by atoms with Crippen molar-refractivity contribution in [2.75, 3.05) is 13.7 Å². The molecule has 2 aromatic rings. The van der Waals surface area contributed by atoms with E-state index in [4.69, 9.17) is 4.74 Å².